The minimum absolute atomic E-state index is 0.0687. The zero-order valence-corrected chi connectivity index (χ0v) is 15.1. The Morgan fingerprint density at radius 1 is 1.44 bits per heavy atom. The monoisotopic (exact) mass is 344 g/mol. The number of allylic oxidation sites excluding steroid dienone is 3. The number of hydrogen-bond acceptors (Lipinski definition) is 5. The molecule has 0 aromatic rings. The van der Waals surface area contributed by atoms with E-state index in [1.165, 1.54) is 0 Å². The van der Waals surface area contributed by atoms with Crippen molar-refractivity contribution in [3.8, 4) is 0 Å². The molecule has 5 heteroatoms. The van der Waals surface area contributed by atoms with Gasteiger partial charge < -0.3 is 9.47 Å². The normalized spacial score (nSPS) is 40.4. The van der Waals surface area contributed by atoms with Crippen molar-refractivity contribution in [2.24, 2.45) is 23.2 Å². The molecule has 0 radical (unpaired) electrons. The van der Waals surface area contributed by atoms with Gasteiger partial charge in [-0.05, 0) is 45.1 Å². The first kappa shape index (κ1) is 17.6. The second kappa shape index (κ2) is 5.97. The molecule has 134 valence electrons. The predicted octanol–water partition coefficient (Wildman–Crippen LogP) is 2.76. The summed E-state index contributed by atoms with van der Waals surface area (Å²) in [5.41, 5.74) is -0.169. The van der Waals surface area contributed by atoms with Crippen LogP contribution in [0.4, 0.5) is 0 Å². The highest BCUT2D eigenvalue weighted by molar-refractivity contribution is 5.99. The third-order valence-corrected chi connectivity index (χ3v) is 6.13. The zero-order chi connectivity index (χ0) is 18.5. The molecule has 1 saturated heterocycles. The van der Waals surface area contributed by atoms with E-state index in [-0.39, 0.29) is 23.2 Å². The number of carbonyl (C=O) groups excluding carboxylic acids is 3. The van der Waals surface area contributed by atoms with E-state index in [1.807, 2.05) is 19.9 Å². The standard InChI is InChI=1S/C20H24O5/c1-6-10(2)18(22)25-17-16-12(4)19(23)24-14(16)9-11(3)13-7-8-15(21)20(13,17)5/h6-8,11,13-14,16-17H,4,9H2,1-3,5H3/b10-6+/t11-,13+,14+,16-,17+,20+/m1/s1. The van der Waals surface area contributed by atoms with Crippen LogP contribution in [0.3, 0.4) is 0 Å². The van der Waals surface area contributed by atoms with Gasteiger partial charge in [0.25, 0.3) is 0 Å². The molecule has 0 aromatic carbocycles. The molecule has 2 fully saturated rings. The van der Waals surface area contributed by atoms with Gasteiger partial charge in [-0.1, -0.05) is 25.7 Å². The lowest BCUT2D eigenvalue weighted by molar-refractivity contribution is -0.160. The van der Waals surface area contributed by atoms with Crippen LogP contribution >= 0.6 is 0 Å². The zero-order valence-electron chi connectivity index (χ0n) is 15.1. The van der Waals surface area contributed by atoms with Crippen molar-refractivity contribution in [2.45, 2.75) is 46.3 Å². The lowest BCUT2D eigenvalue weighted by Gasteiger charge is -2.39. The predicted molar refractivity (Wildman–Crippen MR) is 91.3 cm³/mol. The fourth-order valence-corrected chi connectivity index (χ4v) is 4.47. The van der Waals surface area contributed by atoms with Gasteiger partial charge in [-0.25, -0.2) is 9.59 Å². The van der Waals surface area contributed by atoms with E-state index >= 15 is 0 Å². The molecule has 0 amide bonds. The molecular formula is C20H24O5. The van der Waals surface area contributed by atoms with Crippen LogP contribution in [0, 0.1) is 23.2 Å². The quantitative estimate of drug-likeness (QED) is 0.569. The molecule has 0 bridgehead atoms. The fraction of sp³-hybridized carbons (Fsp3) is 0.550. The summed E-state index contributed by atoms with van der Waals surface area (Å²) in [6.45, 7) is 11.2. The van der Waals surface area contributed by atoms with Gasteiger partial charge in [0.1, 0.15) is 12.2 Å². The Labute approximate surface area is 147 Å². The molecule has 0 unspecified atom stereocenters. The van der Waals surface area contributed by atoms with Crippen LogP contribution < -0.4 is 0 Å². The molecule has 25 heavy (non-hydrogen) atoms. The highest BCUT2D eigenvalue weighted by atomic mass is 16.6. The van der Waals surface area contributed by atoms with E-state index in [4.69, 9.17) is 9.47 Å². The van der Waals surface area contributed by atoms with E-state index in [1.54, 1.807) is 26.0 Å². The van der Waals surface area contributed by atoms with Crippen LogP contribution in [0.5, 0.6) is 0 Å². The SMILES string of the molecule is C=C1C(=O)O[C@H]2C[C@@H](C)[C@@H]3C=CC(=O)[C@@]3(C)[C@@H](OC(=O)/C(C)=C/C)[C@H]12. The van der Waals surface area contributed by atoms with Crippen molar-refractivity contribution in [3.63, 3.8) is 0 Å². The number of fused-ring (bicyclic) bond motifs is 2. The average molecular weight is 344 g/mol. The second-order valence-corrected chi connectivity index (χ2v) is 7.54. The summed E-state index contributed by atoms with van der Waals surface area (Å²) in [6, 6.07) is 0. The van der Waals surface area contributed by atoms with Gasteiger partial charge in [-0.3, -0.25) is 4.79 Å². The third-order valence-electron chi connectivity index (χ3n) is 6.13. The van der Waals surface area contributed by atoms with Crippen molar-refractivity contribution < 1.29 is 23.9 Å². The summed E-state index contributed by atoms with van der Waals surface area (Å²) >= 11 is 0. The highest BCUT2D eigenvalue weighted by Crippen LogP contribution is 2.54. The Morgan fingerprint density at radius 3 is 2.76 bits per heavy atom. The van der Waals surface area contributed by atoms with E-state index < -0.39 is 35.5 Å². The molecule has 0 spiro atoms. The fourth-order valence-electron chi connectivity index (χ4n) is 4.47. The van der Waals surface area contributed by atoms with Crippen LogP contribution in [0.1, 0.15) is 34.1 Å². The maximum Gasteiger partial charge on any atom is 0.334 e. The van der Waals surface area contributed by atoms with Gasteiger partial charge in [0.2, 0.25) is 0 Å². The summed E-state index contributed by atoms with van der Waals surface area (Å²) in [6.07, 6.45) is 4.56. The number of ketones is 1. The van der Waals surface area contributed by atoms with Gasteiger partial charge in [0.05, 0.1) is 11.3 Å². The van der Waals surface area contributed by atoms with Crippen molar-refractivity contribution in [1.29, 1.82) is 0 Å². The Balaban J connectivity index is 2.09. The topological polar surface area (TPSA) is 69.7 Å². The number of esters is 2. The molecular weight excluding hydrogens is 320 g/mol. The van der Waals surface area contributed by atoms with Crippen molar-refractivity contribution in [3.05, 3.63) is 36.0 Å². The highest BCUT2D eigenvalue weighted by Gasteiger charge is 2.62. The van der Waals surface area contributed by atoms with E-state index in [9.17, 15) is 14.4 Å². The van der Waals surface area contributed by atoms with Gasteiger partial charge >= 0.3 is 11.9 Å². The first-order chi connectivity index (χ1) is 11.7. The Kier molecular flexibility index (Phi) is 4.21. The molecule has 3 rings (SSSR count). The maximum atomic E-state index is 12.8. The minimum atomic E-state index is -0.917. The molecule has 1 heterocycles. The van der Waals surface area contributed by atoms with Gasteiger partial charge in [0.15, 0.2) is 5.78 Å². The van der Waals surface area contributed by atoms with Gasteiger partial charge in [0, 0.05) is 11.1 Å². The molecule has 6 atom stereocenters. The number of hydrogen-bond donors (Lipinski definition) is 0. The number of carbonyl (C=O) groups is 3. The van der Waals surface area contributed by atoms with Gasteiger partial charge in [-0.2, -0.15) is 0 Å². The minimum Gasteiger partial charge on any atom is -0.458 e. The molecule has 0 N–H and O–H groups in total. The Bertz CT molecular complexity index is 716. The van der Waals surface area contributed by atoms with E-state index in [0.717, 1.165) is 0 Å². The lowest BCUT2D eigenvalue weighted by atomic mass is 9.67. The van der Waals surface area contributed by atoms with Gasteiger partial charge in [-0.15, -0.1) is 0 Å². The molecule has 3 aliphatic rings. The average Bonchev–Trinajstić information content (AvgIpc) is 2.99. The molecule has 1 saturated carbocycles. The maximum absolute atomic E-state index is 12.8. The largest absolute Gasteiger partial charge is 0.458 e. The number of ether oxygens (including phenoxy) is 2. The molecule has 2 aliphatic carbocycles. The Hall–Kier alpha value is -2.17. The number of rotatable bonds is 2. The van der Waals surface area contributed by atoms with Crippen LogP contribution in [0.15, 0.2) is 36.0 Å². The van der Waals surface area contributed by atoms with Crippen molar-refractivity contribution >= 4 is 17.7 Å². The smallest absolute Gasteiger partial charge is 0.334 e. The first-order valence-electron chi connectivity index (χ1n) is 8.68. The summed E-state index contributed by atoms with van der Waals surface area (Å²) in [4.78, 5) is 37.3. The van der Waals surface area contributed by atoms with Crippen molar-refractivity contribution in [2.75, 3.05) is 0 Å². The van der Waals surface area contributed by atoms with Crippen LogP contribution in [0.2, 0.25) is 0 Å². The first-order valence-corrected chi connectivity index (χ1v) is 8.68. The van der Waals surface area contributed by atoms with Crippen LogP contribution in [-0.2, 0) is 23.9 Å². The molecule has 0 aromatic heterocycles. The van der Waals surface area contributed by atoms with E-state index in [0.29, 0.717) is 12.0 Å². The summed E-state index contributed by atoms with van der Waals surface area (Å²) in [5.74, 6) is -1.47. The Morgan fingerprint density at radius 2 is 2.12 bits per heavy atom. The van der Waals surface area contributed by atoms with E-state index in [2.05, 4.69) is 6.58 Å². The third kappa shape index (κ3) is 2.48. The molecule has 5 nitrogen and oxygen atoms in total. The summed E-state index contributed by atoms with van der Waals surface area (Å²) < 4.78 is 11.3. The molecule has 1 aliphatic heterocycles. The van der Waals surface area contributed by atoms with Crippen molar-refractivity contribution in [1.82, 2.24) is 0 Å². The lowest BCUT2D eigenvalue weighted by Crippen LogP contribution is -2.49. The van der Waals surface area contributed by atoms with Crippen LogP contribution in [0.25, 0.3) is 0 Å². The second-order valence-electron chi connectivity index (χ2n) is 7.54. The summed E-state index contributed by atoms with van der Waals surface area (Å²) in [7, 11) is 0. The summed E-state index contributed by atoms with van der Waals surface area (Å²) in [5, 5.41) is 0. The van der Waals surface area contributed by atoms with Crippen LogP contribution in [-0.4, -0.2) is 29.9 Å².